The van der Waals surface area contributed by atoms with E-state index in [1.54, 1.807) is 24.9 Å². The fraction of sp³-hybridized carbons (Fsp3) is 0.519. The zero-order valence-corrected chi connectivity index (χ0v) is 23.8. The SMILES string of the molecule is CCC(C)C(NC(=O)C(Cc1c[nH]c2ccccc12)NC(=O)C(N)CCSC)C(=O)NC(CCC(=O)O)C(=O)O. The summed E-state index contributed by atoms with van der Waals surface area (Å²) in [6, 6.07) is 3.03. The van der Waals surface area contributed by atoms with Gasteiger partial charge in [-0.15, -0.1) is 0 Å². The number of aromatic nitrogens is 1. The van der Waals surface area contributed by atoms with Crippen LogP contribution in [0, 0.1) is 5.92 Å². The highest BCUT2D eigenvalue weighted by Crippen LogP contribution is 2.20. The van der Waals surface area contributed by atoms with E-state index >= 15 is 0 Å². The Morgan fingerprint density at radius 2 is 1.65 bits per heavy atom. The Bertz CT molecular complexity index is 1190. The number of benzene rings is 1. The Kier molecular flexibility index (Phi) is 12.9. The third kappa shape index (κ3) is 9.56. The van der Waals surface area contributed by atoms with Crippen LogP contribution < -0.4 is 21.7 Å². The van der Waals surface area contributed by atoms with Crippen molar-refractivity contribution in [2.45, 2.75) is 70.1 Å². The summed E-state index contributed by atoms with van der Waals surface area (Å²) in [5.74, 6) is -4.20. The molecule has 5 atom stereocenters. The van der Waals surface area contributed by atoms with Crippen LogP contribution in [0.25, 0.3) is 10.9 Å². The van der Waals surface area contributed by atoms with Gasteiger partial charge in [-0.2, -0.15) is 11.8 Å². The number of aliphatic carboxylic acids is 2. The second-order valence-electron chi connectivity index (χ2n) is 9.72. The molecule has 0 saturated carbocycles. The lowest BCUT2D eigenvalue weighted by molar-refractivity contribution is -0.143. The van der Waals surface area contributed by atoms with Crippen molar-refractivity contribution in [2.24, 2.45) is 11.7 Å². The van der Waals surface area contributed by atoms with Gasteiger partial charge in [-0.25, -0.2) is 4.79 Å². The lowest BCUT2D eigenvalue weighted by Gasteiger charge is -2.28. The summed E-state index contributed by atoms with van der Waals surface area (Å²) in [6.07, 6.45) is 3.89. The number of H-pyrrole nitrogens is 1. The van der Waals surface area contributed by atoms with Crippen LogP contribution in [-0.2, 0) is 30.4 Å². The van der Waals surface area contributed by atoms with Crippen molar-refractivity contribution in [3.8, 4) is 0 Å². The van der Waals surface area contributed by atoms with Crippen molar-refractivity contribution in [1.82, 2.24) is 20.9 Å². The van der Waals surface area contributed by atoms with E-state index in [1.807, 2.05) is 37.4 Å². The third-order valence-electron chi connectivity index (χ3n) is 6.76. The van der Waals surface area contributed by atoms with E-state index in [2.05, 4.69) is 20.9 Å². The smallest absolute Gasteiger partial charge is 0.326 e. The van der Waals surface area contributed by atoms with Gasteiger partial charge in [0.05, 0.1) is 6.04 Å². The zero-order valence-electron chi connectivity index (χ0n) is 22.9. The first-order valence-corrected chi connectivity index (χ1v) is 14.5. The number of carbonyl (C=O) groups is 5. The molecule has 8 N–H and O–H groups in total. The van der Waals surface area contributed by atoms with E-state index in [9.17, 15) is 29.1 Å². The molecule has 0 bridgehead atoms. The summed E-state index contributed by atoms with van der Waals surface area (Å²) in [5.41, 5.74) is 7.68. The first kappa shape index (κ1) is 32.6. The van der Waals surface area contributed by atoms with Gasteiger partial charge in [-0.3, -0.25) is 19.2 Å². The molecule has 0 radical (unpaired) electrons. The molecule has 2 rings (SSSR count). The van der Waals surface area contributed by atoms with Gasteiger partial charge in [0.2, 0.25) is 17.7 Å². The van der Waals surface area contributed by atoms with Crippen LogP contribution >= 0.6 is 11.8 Å². The van der Waals surface area contributed by atoms with Gasteiger partial charge < -0.3 is 36.9 Å². The maximum atomic E-state index is 13.6. The second kappa shape index (κ2) is 15.9. The second-order valence-corrected chi connectivity index (χ2v) is 10.7. The van der Waals surface area contributed by atoms with E-state index in [-0.39, 0.29) is 12.8 Å². The van der Waals surface area contributed by atoms with Crippen molar-refractivity contribution in [3.63, 3.8) is 0 Å². The number of carbonyl (C=O) groups excluding carboxylic acids is 3. The number of aromatic amines is 1. The summed E-state index contributed by atoms with van der Waals surface area (Å²) in [6.45, 7) is 3.54. The summed E-state index contributed by atoms with van der Waals surface area (Å²) in [4.78, 5) is 65.3. The molecule has 0 aliphatic heterocycles. The highest BCUT2D eigenvalue weighted by molar-refractivity contribution is 7.98. The first-order chi connectivity index (χ1) is 19.0. The van der Waals surface area contributed by atoms with Gasteiger partial charge in [0.1, 0.15) is 18.1 Å². The minimum absolute atomic E-state index is 0.113. The molecule has 12 nitrogen and oxygen atoms in total. The predicted octanol–water partition coefficient (Wildman–Crippen LogP) is 1.24. The highest BCUT2D eigenvalue weighted by Gasteiger charge is 2.33. The highest BCUT2D eigenvalue weighted by atomic mass is 32.2. The molecule has 0 aliphatic rings. The van der Waals surface area contributed by atoms with Crippen LogP contribution in [-0.4, -0.2) is 81.0 Å². The molecule has 0 aliphatic carbocycles. The standard InChI is InChI=1S/C27H39N5O7S/c1-4-15(2)23(26(37)30-20(27(38)39)9-10-22(33)34)32-25(36)21(31-24(35)18(28)11-12-40-3)13-16-14-29-19-8-6-5-7-17(16)19/h5-8,14-15,18,20-21,23,29H,4,9-13,28H2,1-3H3,(H,30,37)(H,31,35)(H,32,36)(H,33,34)(H,38,39). The minimum Gasteiger partial charge on any atom is -0.481 e. The van der Waals surface area contributed by atoms with E-state index in [1.165, 1.54) is 0 Å². The Balaban J connectivity index is 2.29. The zero-order chi connectivity index (χ0) is 29.8. The van der Waals surface area contributed by atoms with Crippen molar-refractivity contribution >= 4 is 52.3 Å². The van der Waals surface area contributed by atoms with Crippen molar-refractivity contribution in [2.75, 3.05) is 12.0 Å². The maximum Gasteiger partial charge on any atom is 0.326 e. The topological polar surface area (TPSA) is 204 Å². The molecule has 0 saturated heterocycles. The molecule has 1 aromatic carbocycles. The lowest BCUT2D eigenvalue weighted by atomic mass is 9.96. The van der Waals surface area contributed by atoms with Crippen molar-refractivity contribution < 1.29 is 34.2 Å². The molecule has 0 fully saturated rings. The van der Waals surface area contributed by atoms with Gasteiger partial charge >= 0.3 is 11.9 Å². The Morgan fingerprint density at radius 1 is 0.975 bits per heavy atom. The average molecular weight is 578 g/mol. The van der Waals surface area contributed by atoms with Gasteiger partial charge in [0, 0.05) is 29.9 Å². The molecular formula is C27H39N5O7S. The van der Waals surface area contributed by atoms with E-state index < -0.39 is 66.2 Å². The molecule has 220 valence electrons. The number of fused-ring (bicyclic) bond motifs is 1. The minimum atomic E-state index is -1.44. The predicted molar refractivity (Wildman–Crippen MR) is 153 cm³/mol. The van der Waals surface area contributed by atoms with Crippen molar-refractivity contribution in [3.05, 3.63) is 36.0 Å². The molecule has 2 aromatic rings. The number of nitrogens with two attached hydrogens (primary N) is 1. The number of amides is 3. The number of para-hydroxylation sites is 1. The number of carboxylic acids is 2. The molecule has 1 aromatic heterocycles. The third-order valence-corrected chi connectivity index (χ3v) is 7.40. The number of nitrogens with one attached hydrogen (secondary N) is 4. The van der Waals surface area contributed by atoms with E-state index in [0.29, 0.717) is 18.6 Å². The molecule has 1 heterocycles. The van der Waals surface area contributed by atoms with Gasteiger partial charge in [0.15, 0.2) is 0 Å². The van der Waals surface area contributed by atoms with Crippen LogP contribution in [0.2, 0.25) is 0 Å². The summed E-state index contributed by atoms with van der Waals surface area (Å²) < 4.78 is 0. The number of thioether (sulfide) groups is 1. The van der Waals surface area contributed by atoms with E-state index in [0.717, 1.165) is 16.5 Å². The van der Waals surface area contributed by atoms with E-state index in [4.69, 9.17) is 10.8 Å². The van der Waals surface area contributed by atoms with Gasteiger partial charge in [-0.05, 0) is 42.4 Å². The van der Waals surface area contributed by atoms with Crippen LogP contribution in [0.5, 0.6) is 0 Å². The van der Waals surface area contributed by atoms with Crippen molar-refractivity contribution in [1.29, 1.82) is 0 Å². The molecule has 3 amide bonds. The Hall–Kier alpha value is -3.58. The molecular weight excluding hydrogens is 538 g/mol. The maximum absolute atomic E-state index is 13.6. The monoisotopic (exact) mass is 577 g/mol. The van der Waals surface area contributed by atoms with Gasteiger partial charge in [0.25, 0.3) is 0 Å². The largest absolute Gasteiger partial charge is 0.481 e. The lowest BCUT2D eigenvalue weighted by Crippen LogP contribution is -2.59. The number of hydrogen-bond acceptors (Lipinski definition) is 7. The summed E-state index contributed by atoms with van der Waals surface area (Å²) >= 11 is 1.54. The van der Waals surface area contributed by atoms with Crippen LogP contribution in [0.15, 0.2) is 30.5 Å². The Labute approximate surface area is 237 Å². The summed E-state index contributed by atoms with van der Waals surface area (Å²) in [7, 11) is 0. The fourth-order valence-corrected chi connectivity index (χ4v) is 4.62. The van der Waals surface area contributed by atoms with Gasteiger partial charge in [-0.1, -0.05) is 38.5 Å². The first-order valence-electron chi connectivity index (χ1n) is 13.1. The normalized spacial score (nSPS) is 14.9. The summed E-state index contributed by atoms with van der Waals surface area (Å²) in [5, 5.41) is 27.0. The number of hydrogen-bond donors (Lipinski definition) is 7. The van der Waals surface area contributed by atoms with Crippen LogP contribution in [0.4, 0.5) is 0 Å². The molecule has 5 unspecified atom stereocenters. The molecule has 13 heteroatoms. The molecule has 0 spiro atoms. The number of rotatable bonds is 17. The average Bonchev–Trinajstić information content (AvgIpc) is 3.33. The van der Waals surface area contributed by atoms with Crippen LogP contribution in [0.3, 0.4) is 0 Å². The molecule has 40 heavy (non-hydrogen) atoms. The Morgan fingerprint density at radius 3 is 2.27 bits per heavy atom. The quantitative estimate of drug-likeness (QED) is 0.144. The number of carboxylic acid groups (broad SMARTS) is 2. The van der Waals surface area contributed by atoms with Crippen LogP contribution in [0.1, 0.15) is 45.1 Å². The fourth-order valence-electron chi connectivity index (χ4n) is 4.13.